The second-order valence-electron chi connectivity index (χ2n) is 16.2. The highest BCUT2D eigenvalue weighted by Gasteiger charge is 2.45. The van der Waals surface area contributed by atoms with Crippen molar-refractivity contribution in [1.29, 1.82) is 0 Å². The molecule has 0 atom stereocenters. The zero-order chi connectivity index (χ0) is 37.9. The summed E-state index contributed by atoms with van der Waals surface area (Å²) in [5, 5.41) is 13.4. The Kier molecular flexibility index (Phi) is 10.9. The largest absolute Gasteiger partial charge is 0.478 e. The molecular weight excluding hydrogens is 689 g/mol. The first kappa shape index (κ1) is 37.2. The van der Waals surface area contributed by atoms with Gasteiger partial charge in [0, 0.05) is 86.1 Å². The molecule has 3 heterocycles. The minimum Gasteiger partial charge on any atom is -0.478 e. The summed E-state index contributed by atoms with van der Waals surface area (Å²) in [6.07, 6.45) is 12.2. The summed E-state index contributed by atoms with van der Waals surface area (Å²) < 4.78 is 8.25. The van der Waals surface area contributed by atoms with Crippen LogP contribution in [0.4, 0.5) is 5.69 Å². The highest BCUT2D eigenvalue weighted by atomic mass is 16.5. The normalized spacial score (nSPS) is 19.0. The average Bonchev–Trinajstić information content (AvgIpc) is 3.30. The van der Waals surface area contributed by atoms with Crippen molar-refractivity contribution >= 4 is 40.3 Å². The van der Waals surface area contributed by atoms with Crippen molar-refractivity contribution in [2.24, 2.45) is 0 Å². The second-order valence-corrected chi connectivity index (χ2v) is 16.2. The van der Waals surface area contributed by atoms with Crippen LogP contribution in [0.25, 0.3) is 28.2 Å². The third kappa shape index (κ3) is 7.87. The van der Waals surface area contributed by atoms with Gasteiger partial charge >= 0.3 is 5.97 Å². The molecule has 2 aliphatic carbocycles. The smallest absolute Gasteiger partial charge is 0.328 e. The molecule has 0 unspecified atom stereocenters. The Morgan fingerprint density at radius 3 is 2.45 bits per heavy atom. The summed E-state index contributed by atoms with van der Waals surface area (Å²) in [5.41, 5.74) is 9.02. The molecule has 2 N–H and O–H groups in total. The number of nitrogens with one attached hydrogen (secondary N) is 1. The quantitative estimate of drug-likeness (QED) is 0.151. The Labute approximate surface area is 324 Å². The summed E-state index contributed by atoms with van der Waals surface area (Å²) in [6, 6.07) is 20.5. The summed E-state index contributed by atoms with van der Waals surface area (Å²) in [6.45, 7) is 9.55. The van der Waals surface area contributed by atoms with Gasteiger partial charge in [0.15, 0.2) is 5.78 Å². The van der Waals surface area contributed by atoms with Crippen LogP contribution in [0.1, 0.15) is 96.3 Å². The van der Waals surface area contributed by atoms with E-state index in [1.165, 1.54) is 71.6 Å². The van der Waals surface area contributed by atoms with Gasteiger partial charge in [-0.1, -0.05) is 61.7 Å². The number of carboxylic acids is 1. The number of amides is 1. The predicted octanol–water partition coefficient (Wildman–Crippen LogP) is 7.77. The van der Waals surface area contributed by atoms with E-state index in [2.05, 4.69) is 56.9 Å². The summed E-state index contributed by atoms with van der Waals surface area (Å²) in [7, 11) is 0. The maximum absolute atomic E-state index is 14.2. The van der Waals surface area contributed by atoms with E-state index in [0.717, 1.165) is 88.0 Å². The number of fused-ring (bicyclic) bond motifs is 5. The molecule has 1 amide bonds. The van der Waals surface area contributed by atoms with Gasteiger partial charge in [-0.2, -0.15) is 0 Å². The number of carboxylic acid groups (broad SMARTS) is 1. The number of anilines is 1. The Balaban J connectivity index is 1.09. The summed E-state index contributed by atoms with van der Waals surface area (Å²) in [4.78, 5) is 44.0. The lowest BCUT2D eigenvalue weighted by molar-refractivity contribution is -0.131. The molecule has 0 spiro atoms. The van der Waals surface area contributed by atoms with Gasteiger partial charge in [-0.05, 0) is 97.9 Å². The van der Waals surface area contributed by atoms with Gasteiger partial charge in [-0.25, -0.2) is 4.79 Å². The number of aromatic nitrogens is 1. The molecule has 288 valence electrons. The molecular formula is C46H54N4O5. The number of ether oxygens (including phenoxy) is 1. The zero-order valence-corrected chi connectivity index (χ0v) is 32.2. The molecule has 55 heavy (non-hydrogen) atoms. The first-order chi connectivity index (χ1) is 26.8. The van der Waals surface area contributed by atoms with Gasteiger partial charge in [0.2, 0.25) is 0 Å². The number of rotatable bonds is 11. The molecule has 9 nitrogen and oxygen atoms in total. The van der Waals surface area contributed by atoms with Crippen molar-refractivity contribution in [2.45, 2.75) is 89.1 Å². The minimum absolute atomic E-state index is 0.0119. The van der Waals surface area contributed by atoms with Crippen LogP contribution >= 0.6 is 0 Å². The van der Waals surface area contributed by atoms with E-state index in [9.17, 15) is 14.4 Å². The molecule has 2 saturated carbocycles. The highest BCUT2D eigenvalue weighted by Crippen LogP contribution is 2.48. The lowest BCUT2D eigenvalue weighted by Crippen LogP contribution is -2.59. The van der Waals surface area contributed by atoms with Crippen LogP contribution in [-0.2, 0) is 27.3 Å². The fourth-order valence-electron chi connectivity index (χ4n) is 9.37. The van der Waals surface area contributed by atoms with Crippen LogP contribution in [-0.4, -0.2) is 83.7 Å². The molecule has 3 aromatic carbocycles. The number of ketones is 1. The van der Waals surface area contributed by atoms with Crippen LogP contribution < -0.4 is 10.2 Å². The van der Waals surface area contributed by atoms with Crippen LogP contribution in [0.3, 0.4) is 0 Å². The summed E-state index contributed by atoms with van der Waals surface area (Å²) >= 11 is 0. The fourth-order valence-corrected chi connectivity index (χ4v) is 9.37. The van der Waals surface area contributed by atoms with Gasteiger partial charge in [0.05, 0.1) is 17.8 Å². The van der Waals surface area contributed by atoms with E-state index in [-0.39, 0.29) is 18.1 Å². The van der Waals surface area contributed by atoms with Crippen LogP contribution in [0.2, 0.25) is 0 Å². The van der Waals surface area contributed by atoms with E-state index >= 15 is 0 Å². The van der Waals surface area contributed by atoms with Gasteiger partial charge in [0.25, 0.3) is 5.91 Å². The lowest BCUT2D eigenvalue weighted by Gasteiger charge is -2.41. The molecule has 0 radical (unpaired) electrons. The van der Waals surface area contributed by atoms with Crippen LogP contribution in [0.5, 0.6) is 0 Å². The lowest BCUT2D eigenvalue weighted by atomic mass is 9.72. The SMILES string of the molecule is Cc1ccc2c(c1)N(CCN1CCCOCC1)CCn1c-2c(C2CCCCC2)c2ccc(C(=O)NC3(C(=O)Cc4ccc(/C=C/C(=O)O)cc4)CCC3)cc21. The summed E-state index contributed by atoms with van der Waals surface area (Å²) in [5.74, 6) is -0.719. The van der Waals surface area contributed by atoms with E-state index in [1.807, 2.05) is 30.3 Å². The molecule has 1 aromatic heterocycles. The number of aliphatic carboxylic acids is 1. The molecule has 4 aliphatic rings. The number of carbonyl (C=O) groups excluding carboxylic acids is 2. The number of carbonyl (C=O) groups is 3. The van der Waals surface area contributed by atoms with E-state index in [4.69, 9.17) is 9.84 Å². The predicted molar refractivity (Wildman–Crippen MR) is 218 cm³/mol. The topological polar surface area (TPSA) is 104 Å². The Morgan fingerprint density at radius 1 is 0.873 bits per heavy atom. The maximum atomic E-state index is 14.2. The molecule has 9 heteroatoms. The van der Waals surface area contributed by atoms with Crippen molar-refractivity contribution in [3.8, 4) is 11.3 Å². The monoisotopic (exact) mass is 742 g/mol. The van der Waals surface area contributed by atoms with Gasteiger partial charge < -0.3 is 24.6 Å². The number of nitrogens with zero attached hydrogens (tertiary/aromatic N) is 3. The van der Waals surface area contributed by atoms with Crippen LogP contribution in [0.15, 0.2) is 66.7 Å². The van der Waals surface area contributed by atoms with Crippen LogP contribution in [0, 0.1) is 6.92 Å². The fraction of sp³-hybridized carbons (Fsp3) is 0.457. The first-order valence-corrected chi connectivity index (χ1v) is 20.5. The van der Waals surface area contributed by atoms with Crippen molar-refractivity contribution in [2.75, 3.05) is 50.8 Å². The number of hydrogen-bond acceptors (Lipinski definition) is 6. The van der Waals surface area contributed by atoms with Crippen molar-refractivity contribution in [3.63, 3.8) is 0 Å². The molecule has 1 saturated heterocycles. The van der Waals surface area contributed by atoms with Gasteiger partial charge in [-0.3, -0.25) is 14.5 Å². The first-order valence-electron chi connectivity index (χ1n) is 20.5. The van der Waals surface area contributed by atoms with Crippen molar-refractivity contribution in [1.82, 2.24) is 14.8 Å². The minimum atomic E-state index is -1.00. The van der Waals surface area contributed by atoms with E-state index < -0.39 is 11.5 Å². The standard InChI is InChI=1S/C46H54N4O5/c1-32-9-16-38-39(29-32)49(23-22-48-21-6-27-55-28-26-48)24-25-50-40-31-36(15-17-37(40)43(44(38)50)35-7-3-2-4-8-35)45(54)47-46(19-5-20-46)41(51)30-34-12-10-33(11-13-34)14-18-42(52)53/h9-18,29,31,35H,2-8,19-28,30H2,1H3,(H,47,54)(H,52,53)/b18-14+. The average molecular weight is 743 g/mol. The third-order valence-corrected chi connectivity index (χ3v) is 12.6. The number of Topliss-reactive ketones (excluding diaryl/α,β-unsaturated/α-hetero) is 1. The zero-order valence-electron chi connectivity index (χ0n) is 32.2. The highest BCUT2D eigenvalue weighted by molar-refractivity contribution is 6.04. The van der Waals surface area contributed by atoms with Gasteiger partial charge in [-0.15, -0.1) is 0 Å². The molecule has 3 fully saturated rings. The maximum Gasteiger partial charge on any atom is 0.328 e. The van der Waals surface area contributed by atoms with Crippen molar-refractivity contribution in [3.05, 3.63) is 94.6 Å². The molecule has 2 aliphatic heterocycles. The Bertz CT molecular complexity index is 2080. The number of benzene rings is 3. The Morgan fingerprint density at radius 2 is 1.69 bits per heavy atom. The Hall–Kier alpha value is -4.73. The van der Waals surface area contributed by atoms with E-state index in [1.54, 1.807) is 0 Å². The second kappa shape index (κ2) is 16.2. The number of aryl methyl sites for hydroxylation is 1. The van der Waals surface area contributed by atoms with Gasteiger partial charge in [0.1, 0.15) is 0 Å². The molecule has 8 rings (SSSR count). The van der Waals surface area contributed by atoms with E-state index in [0.29, 0.717) is 24.3 Å². The van der Waals surface area contributed by atoms with Crippen molar-refractivity contribution < 1.29 is 24.2 Å². The molecule has 4 aromatic rings. The third-order valence-electron chi connectivity index (χ3n) is 12.6. The molecule has 0 bridgehead atoms. The number of hydrogen-bond donors (Lipinski definition) is 2.